The molecule has 1 aromatic heterocycles. The van der Waals surface area contributed by atoms with Crippen LogP contribution in [0, 0.1) is 0 Å². The molecule has 1 unspecified atom stereocenters. The summed E-state index contributed by atoms with van der Waals surface area (Å²) >= 11 is 0. The van der Waals surface area contributed by atoms with Crippen molar-refractivity contribution in [2.75, 3.05) is 5.32 Å². The van der Waals surface area contributed by atoms with Crippen LogP contribution >= 0.6 is 0 Å². The second-order valence-corrected chi connectivity index (χ2v) is 3.67. The van der Waals surface area contributed by atoms with E-state index in [9.17, 15) is 5.11 Å². The lowest BCUT2D eigenvalue weighted by Gasteiger charge is -2.15. The van der Waals surface area contributed by atoms with Gasteiger partial charge in [-0.05, 0) is 42.8 Å². The number of benzene rings is 1. The van der Waals surface area contributed by atoms with Crippen LogP contribution in [0.25, 0.3) is 0 Å². The van der Waals surface area contributed by atoms with Crippen LogP contribution in [0.5, 0.6) is 5.75 Å². The first-order chi connectivity index (χ1) is 7.79. The number of phenols is 1. The summed E-state index contributed by atoms with van der Waals surface area (Å²) in [5.74, 6) is 1.20. The van der Waals surface area contributed by atoms with E-state index in [2.05, 4.69) is 12.2 Å². The largest absolute Gasteiger partial charge is 0.508 e. The molecular formula is C13H15NO2. The third-order valence-corrected chi connectivity index (χ3v) is 2.50. The Morgan fingerprint density at radius 3 is 2.56 bits per heavy atom. The molecule has 2 N–H and O–H groups in total. The van der Waals surface area contributed by atoms with Crippen molar-refractivity contribution in [2.24, 2.45) is 0 Å². The number of hydrogen-bond acceptors (Lipinski definition) is 3. The van der Waals surface area contributed by atoms with E-state index >= 15 is 0 Å². The summed E-state index contributed by atoms with van der Waals surface area (Å²) in [7, 11) is 0. The molecule has 1 heterocycles. The van der Waals surface area contributed by atoms with Crippen LogP contribution < -0.4 is 5.32 Å². The summed E-state index contributed by atoms with van der Waals surface area (Å²) < 4.78 is 5.37. The van der Waals surface area contributed by atoms with E-state index in [1.165, 1.54) is 0 Å². The highest BCUT2D eigenvalue weighted by atomic mass is 16.3. The predicted molar refractivity (Wildman–Crippen MR) is 63.5 cm³/mol. The average Bonchev–Trinajstić information content (AvgIpc) is 2.82. The lowest BCUT2D eigenvalue weighted by Crippen LogP contribution is -2.08. The van der Waals surface area contributed by atoms with Gasteiger partial charge >= 0.3 is 0 Å². The zero-order valence-electron chi connectivity index (χ0n) is 9.18. The molecule has 0 saturated carbocycles. The van der Waals surface area contributed by atoms with Gasteiger partial charge in [-0.2, -0.15) is 0 Å². The zero-order chi connectivity index (χ0) is 11.4. The Morgan fingerprint density at radius 1 is 1.25 bits per heavy atom. The maximum absolute atomic E-state index is 9.19. The Hall–Kier alpha value is -1.90. The molecule has 0 radical (unpaired) electrons. The number of nitrogens with one attached hydrogen (secondary N) is 1. The molecule has 0 aliphatic heterocycles. The molecule has 3 heteroatoms. The third-order valence-electron chi connectivity index (χ3n) is 2.50. The smallest absolute Gasteiger partial charge is 0.125 e. The lowest BCUT2D eigenvalue weighted by atomic mass is 10.1. The van der Waals surface area contributed by atoms with Crippen LogP contribution in [0.2, 0.25) is 0 Å². The maximum atomic E-state index is 9.19. The van der Waals surface area contributed by atoms with Crippen LogP contribution in [-0.4, -0.2) is 5.11 Å². The summed E-state index contributed by atoms with van der Waals surface area (Å²) in [6.45, 7) is 2.10. The first-order valence-electron chi connectivity index (χ1n) is 5.38. The molecule has 1 atom stereocenters. The van der Waals surface area contributed by atoms with Gasteiger partial charge in [-0.15, -0.1) is 0 Å². The number of anilines is 1. The van der Waals surface area contributed by atoms with Crippen molar-refractivity contribution in [3.63, 3.8) is 0 Å². The van der Waals surface area contributed by atoms with E-state index in [1.54, 1.807) is 18.4 Å². The molecule has 2 rings (SSSR count). The maximum Gasteiger partial charge on any atom is 0.125 e. The van der Waals surface area contributed by atoms with Gasteiger partial charge in [0.15, 0.2) is 0 Å². The molecule has 0 aliphatic rings. The van der Waals surface area contributed by atoms with Gasteiger partial charge in [-0.1, -0.05) is 6.92 Å². The summed E-state index contributed by atoms with van der Waals surface area (Å²) in [6.07, 6.45) is 2.62. The van der Waals surface area contributed by atoms with Crippen molar-refractivity contribution >= 4 is 5.69 Å². The number of phenolic OH excluding ortho intramolecular Hbond substituents is 1. The van der Waals surface area contributed by atoms with E-state index in [0.29, 0.717) is 0 Å². The molecule has 0 saturated heterocycles. The number of furan rings is 1. The Balaban J connectivity index is 2.10. The summed E-state index contributed by atoms with van der Waals surface area (Å²) in [5, 5.41) is 12.5. The molecule has 16 heavy (non-hydrogen) atoms. The number of rotatable bonds is 4. The monoisotopic (exact) mass is 217 g/mol. The highest BCUT2D eigenvalue weighted by Crippen LogP contribution is 2.23. The Kier molecular flexibility index (Phi) is 3.15. The summed E-state index contributed by atoms with van der Waals surface area (Å²) in [4.78, 5) is 0. The van der Waals surface area contributed by atoms with Gasteiger partial charge in [0.25, 0.3) is 0 Å². The molecule has 0 bridgehead atoms. The minimum absolute atomic E-state index is 0.166. The summed E-state index contributed by atoms with van der Waals surface area (Å²) in [6, 6.07) is 11.0. The average molecular weight is 217 g/mol. The van der Waals surface area contributed by atoms with Gasteiger partial charge < -0.3 is 14.8 Å². The number of aromatic hydroxyl groups is 1. The fraction of sp³-hybridized carbons (Fsp3) is 0.231. The van der Waals surface area contributed by atoms with Gasteiger partial charge in [0.1, 0.15) is 11.5 Å². The molecular weight excluding hydrogens is 202 g/mol. The van der Waals surface area contributed by atoms with E-state index < -0.39 is 0 Å². The van der Waals surface area contributed by atoms with Crippen LogP contribution in [0.1, 0.15) is 25.1 Å². The van der Waals surface area contributed by atoms with Crippen molar-refractivity contribution in [1.29, 1.82) is 0 Å². The fourth-order valence-corrected chi connectivity index (χ4v) is 1.62. The molecule has 1 aromatic carbocycles. The topological polar surface area (TPSA) is 45.4 Å². The normalized spacial score (nSPS) is 12.3. The highest BCUT2D eigenvalue weighted by molar-refractivity contribution is 5.47. The second kappa shape index (κ2) is 4.75. The Bertz CT molecular complexity index is 420. The van der Waals surface area contributed by atoms with Crippen molar-refractivity contribution in [3.8, 4) is 5.75 Å². The molecule has 0 spiro atoms. The highest BCUT2D eigenvalue weighted by Gasteiger charge is 2.11. The Morgan fingerprint density at radius 2 is 2.00 bits per heavy atom. The standard InChI is InChI=1S/C13H15NO2/c1-2-12(13-4-3-9-16-13)14-10-5-7-11(15)8-6-10/h3-9,12,14-15H,2H2,1H3. The lowest BCUT2D eigenvalue weighted by molar-refractivity contribution is 0.472. The number of hydrogen-bond donors (Lipinski definition) is 2. The molecule has 0 aliphatic carbocycles. The van der Waals surface area contributed by atoms with E-state index in [0.717, 1.165) is 17.9 Å². The molecule has 84 valence electrons. The minimum Gasteiger partial charge on any atom is -0.508 e. The van der Waals surface area contributed by atoms with Crippen molar-refractivity contribution in [2.45, 2.75) is 19.4 Å². The molecule has 0 amide bonds. The predicted octanol–water partition coefficient (Wildman–Crippen LogP) is 3.55. The first-order valence-corrected chi connectivity index (χ1v) is 5.38. The van der Waals surface area contributed by atoms with Gasteiger partial charge in [0.2, 0.25) is 0 Å². The third kappa shape index (κ3) is 2.37. The minimum atomic E-state index is 0.166. The SMILES string of the molecule is CCC(Nc1ccc(O)cc1)c1ccco1. The van der Waals surface area contributed by atoms with Crippen molar-refractivity contribution in [1.82, 2.24) is 0 Å². The second-order valence-electron chi connectivity index (χ2n) is 3.67. The van der Waals surface area contributed by atoms with Gasteiger partial charge in [-0.25, -0.2) is 0 Å². The van der Waals surface area contributed by atoms with Crippen LogP contribution in [0.15, 0.2) is 47.1 Å². The summed E-state index contributed by atoms with van der Waals surface area (Å²) in [5.41, 5.74) is 0.973. The van der Waals surface area contributed by atoms with E-state index in [4.69, 9.17) is 4.42 Å². The van der Waals surface area contributed by atoms with E-state index in [1.807, 2.05) is 24.3 Å². The van der Waals surface area contributed by atoms with Crippen LogP contribution in [0.3, 0.4) is 0 Å². The van der Waals surface area contributed by atoms with Gasteiger partial charge in [0.05, 0.1) is 12.3 Å². The zero-order valence-corrected chi connectivity index (χ0v) is 9.18. The molecule has 0 fully saturated rings. The fourth-order valence-electron chi connectivity index (χ4n) is 1.62. The molecule has 2 aromatic rings. The molecule has 3 nitrogen and oxygen atoms in total. The Labute approximate surface area is 94.7 Å². The van der Waals surface area contributed by atoms with E-state index in [-0.39, 0.29) is 11.8 Å². The van der Waals surface area contributed by atoms with Crippen LogP contribution in [-0.2, 0) is 0 Å². The quantitative estimate of drug-likeness (QED) is 0.770. The van der Waals surface area contributed by atoms with Gasteiger partial charge in [0, 0.05) is 5.69 Å². The van der Waals surface area contributed by atoms with Crippen molar-refractivity contribution in [3.05, 3.63) is 48.4 Å². The first kappa shape index (κ1) is 10.6. The van der Waals surface area contributed by atoms with Gasteiger partial charge in [-0.3, -0.25) is 0 Å². The van der Waals surface area contributed by atoms with Crippen molar-refractivity contribution < 1.29 is 9.52 Å². The van der Waals surface area contributed by atoms with Crippen LogP contribution in [0.4, 0.5) is 5.69 Å².